The number of hydrogen-bond acceptors (Lipinski definition) is 4. The van der Waals surface area contributed by atoms with Gasteiger partial charge in [0.2, 0.25) is 0 Å². The Labute approximate surface area is 104 Å². The summed E-state index contributed by atoms with van der Waals surface area (Å²) < 4.78 is 63.3. The van der Waals surface area contributed by atoms with E-state index in [1.165, 1.54) is 0 Å². The van der Waals surface area contributed by atoms with Crippen LogP contribution in [0.2, 0.25) is 0 Å². The molecule has 0 amide bonds. The molecule has 2 rings (SSSR count). The highest BCUT2D eigenvalue weighted by Crippen LogP contribution is 2.26. The van der Waals surface area contributed by atoms with Crippen molar-refractivity contribution in [3.63, 3.8) is 0 Å². The molecule has 0 bridgehead atoms. The quantitative estimate of drug-likeness (QED) is 0.787. The topological polar surface area (TPSA) is 63.6 Å². The summed E-state index contributed by atoms with van der Waals surface area (Å²) in [6, 6.07) is 2.49. The van der Waals surface area contributed by atoms with E-state index in [2.05, 4.69) is 4.36 Å². The Morgan fingerprint density at radius 2 is 1.83 bits per heavy atom. The van der Waals surface area contributed by atoms with Gasteiger partial charge in [-0.1, -0.05) is 0 Å². The zero-order valence-corrected chi connectivity index (χ0v) is 10.9. The number of hydrogen-bond donors (Lipinski definition) is 0. The molecular weight excluding hydrogens is 284 g/mol. The lowest BCUT2D eigenvalue weighted by Crippen LogP contribution is -2.00. The third-order valence-electron chi connectivity index (χ3n) is 2.64. The van der Waals surface area contributed by atoms with Crippen molar-refractivity contribution in [1.82, 2.24) is 0 Å². The molecule has 1 saturated heterocycles. The molecule has 1 heterocycles. The molecular formula is C10H11F2NO3S2. The fourth-order valence-corrected chi connectivity index (χ4v) is 4.42. The van der Waals surface area contributed by atoms with Gasteiger partial charge in [0, 0.05) is 11.5 Å². The third kappa shape index (κ3) is 2.86. The Balaban J connectivity index is 2.46. The SMILES string of the molecule is O=S(=O)(F)c1ccc(N=S2(=O)CCCC2)c(F)c1. The van der Waals surface area contributed by atoms with Crippen LogP contribution in [-0.2, 0) is 20.0 Å². The normalized spacial score (nSPS) is 18.8. The first-order chi connectivity index (χ1) is 8.30. The Morgan fingerprint density at radius 3 is 2.33 bits per heavy atom. The van der Waals surface area contributed by atoms with Crippen molar-refractivity contribution in [2.24, 2.45) is 4.36 Å². The van der Waals surface area contributed by atoms with Crippen molar-refractivity contribution in [2.75, 3.05) is 11.5 Å². The van der Waals surface area contributed by atoms with Crippen LogP contribution < -0.4 is 0 Å². The van der Waals surface area contributed by atoms with E-state index in [0.717, 1.165) is 25.0 Å². The molecule has 0 radical (unpaired) electrons. The van der Waals surface area contributed by atoms with E-state index in [1.54, 1.807) is 0 Å². The van der Waals surface area contributed by atoms with Crippen LogP contribution in [0.25, 0.3) is 0 Å². The minimum atomic E-state index is -4.94. The van der Waals surface area contributed by atoms with Crippen LogP contribution in [0.15, 0.2) is 27.5 Å². The molecule has 100 valence electrons. The Kier molecular flexibility index (Phi) is 3.41. The fourth-order valence-electron chi connectivity index (χ4n) is 1.74. The lowest BCUT2D eigenvalue weighted by Gasteiger charge is -2.02. The maximum Gasteiger partial charge on any atom is 0.332 e. The number of rotatable bonds is 2. The molecule has 0 atom stereocenters. The van der Waals surface area contributed by atoms with Crippen LogP contribution in [0.3, 0.4) is 0 Å². The minimum absolute atomic E-state index is 0.186. The van der Waals surface area contributed by atoms with E-state index in [0.29, 0.717) is 17.6 Å². The summed E-state index contributed by atoms with van der Waals surface area (Å²) in [5, 5.41) is 0. The van der Waals surface area contributed by atoms with Crippen molar-refractivity contribution in [2.45, 2.75) is 17.7 Å². The van der Waals surface area contributed by atoms with Crippen molar-refractivity contribution < 1.29 is 20.9 Å². The van der Waals surface area contributed by atoms with Gasteiger partial charge < -0.3 is 0 Å². The maximum atomic E-state index is 13.6. The van der Waals surface area contributed by atoms with Crippen LogP contribution in [0.1, 0.15) is 12.8 Å². The molecule has 18 heavy (non-hydrogen) atoms. The van der Waals surface area contributed by atoms with Gasteiger partial charge in [-0.25, -0.2) is 8.60 Å². The molecule has 0 saturated carbocycles. The fraction of sp³-hybridized carbons (Fsp3) is 0.400. The van der Waals surface area contributed by atoms with Gasteiger partial charge >= 0.3 is 10.2 Å². The van der Waals surface area contributed by atoms with Crippen molar-refractivity contribution in [3.05, 3.63) is 24.0 Å². The average molecular weight is 295 g/mol. The van der Waals surface area contributed by atoms with E-state index >= 15 is 0 Å². The largest absolute Gasteiger partial charge is 0.332 e. The molecule has 0 N–H and O–H groups in total. The summed E-state index contributed by atoms with van der Waals surface area (Å²) in [7, 11) is -7.37. The van der Waals surface area contributed by atoms with Gasteiger partial charge in [-0.05, 0) is 31.0 Å². The summed E-state index contributed by atoms with van der Waals surface area (Å²) in [6.45, 7) is 0. The predicted molar refractivity (Wildman–Crippen MR) is 63.9 cm³/mol. The van der Waals surface area contributed by atoms with Crippen LogP contribution in [0.4, 0.5) is 14.0 Å². The first-order valence-electron chi connectivity index (χ1n) is 5.27. The minimum Gasteiger partial charge on any atom is -0.249 e. The van der Waals surface area contributed by atoms with E-state index in [-0.39, 0.29) is 5.69 Å². The second-order valence-corrected chi connectivity index (χ2v) is 7.92. The lowest BCUT2D eigenvalue weighted by atomic mass is 10.3. The summed E-state index contributed by atoms with van der Waals surface area (Å²) in [4.78, 5) is -0.764. The molecule has 1 aliphatic heterocycles. The summed E-state index contributed by atoms with van der Waals surface area (Å²) in [5.41, 5.74) is -0.186. The molecule has 1 fully saturated rings. The smallest absolute Gasteiger partial charge is 0.249 e. The predicted octanol–water partition coefficient (Wildman–Crippen LogP) is 2.38. The number of nitrogens with zero attached hydrogens (tertiary/aromatic N) is 1. The first-order valence-corrected chi connectivity index (χ1v) is 8.51. The molecule has 1 aliphatic rings. The summed E-state index contributed by atoms with van der Waals surface area (Å²) in [6.07, 6.45) is 1.56. The van der Waals surface area contributed by atoms with E-state index < -0.39 is 30.7 Å². The highest BCUT2D eigenvalue weighted by Gasteiger charge is 2.19. The second-order valence-electron chi connectivity index (χ2n) is 4.03. The molecule has 1 aromatic rings. The van der Waals surface area contributed by atoms with Gasteiger partial charge in [0.05, 0.1) is 9.73 Å². The van der Waals surface area contributed by atoms with Gasteiger partial charge in [0.1, 0.15) is 10.6 Å². The summed E-state index contributed by atoms with van der Waals surface area (Å²) in [5.74, 6) is -0.158. The monoisotopic (exact) mass is 295 g/mol. The van der Waals surface area contributed by atoms with E-state index in [1.807, 2.05) is 0 Å². The van der Waals surface area contributed by atoms with Gasteiger partial charge in [0.25, 0.3) is 0 Å². The second kappa shape index (κ2) is 4.58. The van der Waals surface area contributed by atoms with Crippen LogP contribution in [-0.4, -0.2) is 24.1 Å². The molecule has 4 nitrogen and oxygen atoms in total. The highest BCUT2D eigenvalue weighted by atomic mass is 32.3. The highest BCUT2D eigenvalue weighted by molar-refractivity contribution is 7.93. The van der Waals surface area contributed by atoms with Crippen molar-refractivity contribution >= 4 is 25.6 Å². The molecule has 0 unspecified atom stereocenters. The standard InChI is InChI=1S/C10H11F2NO3S2/c11-9-7-8(18(12,15)16)3-4-10(9)13-17(14)5-1-2-6-17/h3-4,7H,1-2,5-6H2. The molecule has 0 aromatic heterocycles. The number of halogens is 2. The molecule has 8 heteroatoms. The van der Waals surface area contributed by atoms with Gasteiger partial charge in [-0.2, -0.15) is 12.8 Å². The average Bonchev–Trinajstić information content (AvgIpc) is 2.67. The zero-order chi connectivity index (χ0) is 13.4. The molecule has 1 aromatic carbocycles. The van der Waals surface area contributed by atoms with E-state index in [9.17, 15) is 20.9 Å². The van der Waals surface area contributed by atoms with Crippen molar-refractivity contribution in [1.29, 1.82) is 0 Å². The summed E-state index contributed by atoms with van der Waals surface area (Å²) >= 11 is 0. The van der Waals surface area contributed by atoms with Crippen LogP contribution in [0, 0.1) is 5.82 Å². The first kappa shape index (κ1) is 13.4. The van der Waals surface area contributed by atoms with Crippen LogP contribution >= 0.6 is 0 Å². The van der Waals surface area contributed by atoms with Gasteiger partial charge in [-0.3, -0.25) is 0 Å². The van der Waals surface area contributed by atoms with Crippen molar-refractivity contribution in [3.8, 4) is 0 Å². The maximum absolute atomic E-state index is 13.6. The zero-order valence-electron chi connectivity index (χ0n) is 9.30. The third-order valence-corrected chi connectivity index (χ3v) is 5.84. The molecule has 0 spiro atoms. The lowest BCUT2D eigenvalue weighted by molar-refractivity contribution is 0.549. The van der Waals surface area contributed by atoms with Crippen LogP contribution in [0.5, 0.6) is 0 Å². The molecule has 0 aliphatic carbocycles. The Bertz CT molecular complexity index is 679. The Hall–Kier alpha value is -1.02. The Morgan fingerprint density at radius 1 is 1.22 bits per heavy atom. The van der Waals surface area contributed by atoms with E-state index in [4.69, 9.17) is 0 Å². The van der Waals surface area contributed by atoms with Gasteiger partial charge in [0.15, 0.2) is 5.82 Å². The van der Waals surface area contributed by atoms with Gasteiger partial charge in [-0.15, -0.1) is 3.89 Å². The number of benzene rings is 1.